The molecule has 0 amide bonds. The number of fused-ring (bicyclic) bond motifs is 1. The van der Waals surface area contributed by atoms with Gasteiger partial charge in [0.15, 0.2) is 0 Å². The van der Waals surface area contributed by atoms with Crippen LogP contribution in [0, 0.1) is 0 Å². The summed E-state index contributed by atoms with van der Waals surface area (Å²) < 4.78 is 11.2. The molecule has 0 aliphatic carbocycles. The second-order valence-corrected chi connectivity index (χ2v) is 7.55. The Kier molecular flexibility index (Phi) is 4.92. The summed E-state index contributed by atoms with van der Waals surface area (Å²) in [5.41, 5.74) is 2.22. The molecule has 2 aromatic heterocycles. The smallest absolute Gasteiger partial charge is 0.330 e. The first-order valence-electron chi connectivity index (χ1n) is 9.23. The van der Waals surface area contributed by atoms with Gasteiger partial charge in [0.05, 0.1) is 28.9 Å². The molecule has 0 spiro atoms. The van der Waals surface area contributed by atoms with Crippen LogP contribution in [0.2, 0.25) is 0 Å². The molecule has 0 bridgehead atoms. The van der Waals surface area contributed by atoms with Crippen LogP contribution < -0.4 is 16.0 Å². The lowest BCUT2D eigenvalue weighted by atomic mass is 10.1. The number of nitrogens with zero attached hydrogens (tertiary/aromatic N) is 3. The quantitative estimate of drug-likeness (QED) is 0.471. The maximum atomic E-state index is 13.2. The van der Waals surface area contributed by atoms with E-state index in [2.05, 4.69) is 15.9 Å². The molecule has 0 fully saturated rings. The molecule has 7 heteroatoms. The van der Waals surface area contributed by atoms with Crippen molar-refractivity contribution in [3.05, 3.63) is 80.0 Å². The van der Waals surface area contributed by atoms with Crippen LogP contribution in [-0.4, -0.2) is 20.3 Å². The van der Waals surface area contributed by atoms with Gasteiger partial charge in [-0.15, -0.1) is 0 Å². The Morgan fingerprint density at radius 3 is 2.38 bits per heavy atom. The van der Waals surface area contributed by atoms with Crippen LogP contribution in [0.3, 0.4) is 0 Å². The van der Waals surface area contributed by atoms with Crippen LogP contribution in [0.5, 0.6) is 5.75 Å². The van der Waals surface area contributed by atoms with E-state index in [1.165, 1.54) is 11.6 Å². The summed E-state index contributed by atoms with van der Waals surface area (Å²) in [7, 11) is 3.17. The van der Waals surface area contributed by atoms with E-state index in [0.717, 1.165) is 20.3 Å². The molecule has 2 aromatic carbocycles. The number of para-hydroxylation sites is 2. The predicted octanol–water partition coefficient (Wildman–Crippen LogP) is 3.86. The van der Waals surface area contributed by atoms with Crippen molar-refractivity contribution in [3.63, 3.8) is 0 Å². The third kappa shape index (κ3) is 3.02. The Morgan fingerprint density at radius 2 is 1.66 bits per heavy atom. The van der Waals surface area contributed by atoms with Crippen molar-refractivity contribution in [3.8, 4) is 22.7 Å². The number of hydrogen-bond donors (Lipinski definition) is 0. The van der Waals surface area contributed by atoms with Gasteiger partial charge >= 0.3 is 5.69 Å². The fourth-order valence-corrected chi connectivity index (χ4v) is 4.05. The van der Waals surface area contributed by atoms with Crippen LogP contribution in [0.25, 0.3) is 27.8 Å². The summed E-state index contributed by atoms with van der Waals surface area (Å²) in [4.78, 5) is 25.7. The molecule has 0 N–H and O–H groups in total. The zero-order valence-corrected chi connectivity index (χ0v) is 17.9. The fraction of sp³-hybridized carbons (Fsp3) is 0.182. The molecule has 0 saturated carbocycles. The molecule has 0 aliphatic rings. The Labute approximate surface area is 175 Å². The third-order valence-corrected chi connectivity index (χ3v) is 5.68. The van der Waals surface area contributed by atoms with Crippen molar-refractivity contribution < 1.29 is 4.74 Å². The summed E-state index contributed by atoms with van der Waals surface area (Å²) in [6.07, 6.45) is 1.82. The number of aromatic nitrogens is 3. The molecule has 148 valence electrons. The number of aryl methyl sites for hydroxylation is 1. The zero-order valence-electron chi connectivity index (χ0n) is 16.3. The molecule has 0 saturated heterocycles. The van der Waals surface area contributed by atoms with Crippen LogP contribution in [0.4, 0.5) is 0 Å². The zero-order chi connectivity index (χ0) is 20.7. The van der Waals surface area contributed by atoms with E-state index >= 15 is 0 Å². The van der Waals surface area contributed by atoms with Crippen molar-refractivity contribution in [2.24, 2.45) is 14.1 Å². The molecular weight excluding hydrogens is 434 g/mol. The lowest BCUT2D eigenvalue weighted by Gasteiger charge is -2.15. The number of ether oxygens (including phenoxy) is 1. The van der Waals surface area contributed by atoms with Gasteiger partial charge in [-0.1, -0.05) is 46.3 Å². The van der Waals surface area contributed by atoms with E-state index in [1.807, 2.05) is 66.2 Å². The van der Waals surface area contributed by atoms with E-state index in [0.29, 0.717) is 29.0 Å². The van der Waals surface area contributed by atoms with Crippen molar-refractivity contribution in [1.82, 2.24) is 13.7 Å². The van der Waals surface area contributed by atoms with Crippen LogP contribution in [0.1, 0.15) is 6.92 Å². The third-order valence-electron chi connectivity index (χ3n) is 4.99. The van der Waals surface area contributed by atoms with Crippen molar-refractivity contribution in [2.45, 2.75) is 6.92 Å². The van der Waals surface area contributed by atoms with Crippen LogP contribution >= 0.6 is 15.9 Å². The molecule has 4 rings (SSSR count). The number of benzene rings is 2. The Bertz CT molecular complexity index is 1350. The summed E-state index contributed by atoms with van der Waals surface area (Å²) in [6.45, 7) is 2.44. The van der Waals surface area contributed by atoms with Gasteiger partial charge in [0.2, 0.25) is 0 Å². The minimum Gasteiger partial charge on any atom is -0.492 e. The second-order valence-electron chi connectivity index (χ2n) is 6.69. The van der Waals surface area contributed by atoms with Gasteiger partial charge in [0.1, 0.15) is 5.75 Å². The molecule has 0 aliphatic heterocycles. The Balaban J connectivity index is 2.22. The first kappa shape index (κ1) is 19.3. The summed E-state index contributed by atoms with van der Waals surface area (Å²) in [6, 6.07) is 15.4. The average molecular weight is 454 g/mol. The SMILES string of the molecule is CCOc1ccccc1-n1cc2c(c1-c1ccccc1Br)c(=O)n(C)c(=O)n2C. The monoisotopic (exact) mass is 453 g/mol. The molecule has 4 aromatic rings. The molecule has 2 heterocycles. The molecule has 29 heavy (non-hydrogen) atoms. The lowest BCUT2D eigenvalue weighted by molar-refractivity contribution is 0.339. The highest BCUT2D eigenvalue weighted by molar-refractivity contribution is 9.10. The summed E-state index contributed by atoms with van der Waals surface area (Å²) in [5, 5.41) is 0.479. The van der Waals surface area contributed by atoms with Gasteiger partial charge in [-0.05, 0) is 25.1 Å². The van der Waals surface area contributed by atoms with Gasteiger partial charge in [0.25, 0.3) is 5.56 Å². The molecule has 0 radical (unpaired) electrons. The maximum absolute atomic E-state index is 13.2. The van der Waals surface area contributed by atoms with E-state index < -0.39 is 0 Å². The van der Waals surface area contributed by atoms with E-state index in [4.69, 9.17) is 4.74 Å². The molecule has 6 nitrogen and oxygen atoms in total. The predicted molar refractivity (Wildman–Crippen MR) is 118 cm³/mol. The average Bonchev–Trinajstić information content (AvgIpc) is 3.12. The maximum Gasteiger partial charge on any atom is 0.330 e. The first-order chi connectivity index (χ1) is 14.0. The van der Waals surface area contributed by atoms with E-state index in [-0.39, 0.29) is 11.2 Å². The topological polar surface area (TPSA) is 58.2 Å². The lowest BCUT2D eigenvalue weighted by Crippen LogP contribution is -2.36. The highest BCUT2D eigenvalue weighted by Crippen LogP contribution is 2.37. The van der Waals surface area contributed by atoms with Crippen molar-refractivity contribution >= 4 is 26.8 Å². The molecule has 0 atom stereocenters. The van der Waals surface area contributed by atoms with Gasteiger partial charge in [-0.3, -0.25) is 13.9 Å². The van der Waals surface area contributed by atoms with Gasteiger partial charge in [0, 0.05) is 30.3 Å². The molecular formula is C22H20BrN3O3. The molecule has 0 unspecified atom stereocenters. The largest absolute Gasteiger partial charge is 0.492 e. The highest BCUT2D eigenvalue weighted by Gasteiger charge is 2.22. The second kappa shape index (κ2) is 7.40. The van der Waals surface area contributed by atoms with Crippen molar-refractivity contribution in [1.29, 1.82) is 0 Å². The Morgan fingerprint density at radius 1 is 0.966 bits per heavy atom. The van der Waals surface area contributed by atoms with Crippen LogP contribution in [0.15, 0.2) is 68.8 Å². The normalized spacial score (nSPS) is 11.2. The summed E-state index contributed by atoms with van der Waals surface area (Å²) in [5.74, 6) is 0.699. The first-order valence-corrected chi connectivity index (χ1v) is 10.0. The van der Waals surface area contributed by atoms with Crippen molar-refractivity contribution in [2.75, 3.05) is 6.61 Å². The minimum atomic E-state index is -0.364. The van der Waals surface area contributed by atoms with E-state index in [1.54, 1.807) is 7.05 Å². The van der Waals surface area contributed by atoms with Gasteiger partial charge in [-0.2, -0.15) is 0 Å². The van der Waals surface area contributed by atoms with Crippen LogP contribution in [-0.2, 0) is 14.1 Å². The Hall–Kier alpha value is -3.06. The van der Waals surface area contributed by atoms with E-state index in [9.17, 15) is 9.59 Å². The number of hydrogen-bond acceptors (Lipinski definition) is 3. The van der Waals surface area contributed by atoms with Gasteiger partial charge < -0.3 is 9.30 Å². The number of rotatable bonds is 4. The number of halogens is 1. The minimum absolute atomic E-state index is 0.332. The summed E-state index contributed by atoms with van der Waals surface area (Å²) >= 11 is 3.61. The van der Waals surface area contributed by atoms with Gasteiger partial charge in [-0.25, -0.2) is 4.79 Å². The fourth-order valence-electron chi connectivity index (χ4n) is 3.58. The highest BCUT2D eigenvalue weighted by atomic mass is 79.9. The standard InChI is InChI=1S/C22H20BrN3O3/c1-4-29-18-12-8-7-11-16(18)26-13-17-19(21(27)25(3)22(28)24(17)2)20(26)14-9-5-6-10-15(14)23/h5-13H,4H2,1-3H3.